The van der Waals surface area contributed by atoms with Crippen molar-refractivity contribution in [2.45, 2.75) is 0 Å². The summed E-state index contributed by atoms with van der Waals surface area (Å²) in [5, 5.41) is 21.8. The fraction of sp³-hybridized carbons (Fsp3) is 0.111. The number of nitrogens with zero attached hydrogens (tertiary/aromatic N) is 1. The second-order valence-electron chi connectivity index (χ2n) is 3.11. The first-order valence-corrected chi connectivity index (χ1v) is 4.45. The van der Waals surface area contributed by atoms with Crippen molar-refractivity contribution in [3.05, 3.63) is 33.9 Å². The molecule has 17 heavy (non-hydrogen) atoms. The van der Waals surface area contributed by atoms with Gasteiger partial charge < -0.3 is 16.2 Å². The standard InChI is InChI=1S/C9H9N3O5/c10-8(13)4-11-7-2-1-5(12(16)17)3-6(7)9(14)15/h1-3,11H,4H2,(H2,10,13)(H,14,15). The molecule has 0 saturated carbocycles. The van der Waals surface area contributed by atoms with Crippen molar-refractivity contribution in [3.8, 4) is 0 Å². The second kappa shape index (κ2) is 4.92. The van der Waals surface area contributed by atoms with Crippen LogP contribution in [0, 0.1) is 10.1 Å². The highest BCUT2D eigenvalue weighted by atomic mass is 16.6. The van der Waals surface area contributed by atoms with Gasteiger partial charge in [-0.3, -0.25) is 14.9 Å². The number of amides is 1. The molecule has 0 aliphatic rings. The predicted octanol–water partition coefficient (Wildman–Crippen LogP) is 0.190. The molecule has 90 valence electrons. The molecular formula is C9H9N3O5. The lowest BCUT2D eigenvalue weighted by Gasteiger charge is -2.07. The molecule has 1 amide bonds. The SMILES string of the molecule is NC(=O)CNc1ccc([N+](=O)[O-])cc1C(=O)O. The van der Waals surface area contributed by atoms with Crippen molar-refractivity contribution in [1.29, 1.82) is 0 Å². The molecule has 0 unspecified atom stereocenters. The van der Waals surface area contributed by atoms with Gasteiger partial charge in [0.1, 0.15) is 0 Å². The summed E-state index contributed by atoms with van der Waals surface area (Å²) in [5.74, 6) is -2.00. The summed E-state index contributed by atoms with van der Waals surface area (Å²) in [7, 11) is 0. The van der Waals surface area contributed by atoms with Crippen LogP contribution in [0.1, 0.15) is 10.4 Å². The predicted molar refractivity (Wildman–Crippen MR) is 57.7 cm³/mol. The maximum absolute atomic E-state index is 10.9. The van der Waals surface area contributed by atoms with Crippen LogP contribution < -0.4 is 11.1 Å². The molecule has 1 aromatic carbocycles. The van der Waals surface area contributed by atoms with E-state index in [9.17, 15) is 19.7 Å². The Bertz CT molecular complexity index is 486. The van der Waals surface area contributed by atoms with Crippen LogP contribution in [0.3, 0.4) is 0 Å². The first kappa shape index (κ1) is 12.4. The quantitative estimate of drug-likeness (QED) is 0.495. The van der Waals surface area contributed by atoms with Crippen molar-refractivity contribution in [2.75, 3.05) is 11.9 Å². The molecule has 4 N–H and O–H groups in total. The largest absolute Gasteiger partial charge is 0.478 e. The Balaban J connectivity index is 3.08. The van der Waals surface area contributed by atoms with E-state index in [-0.39, 0.29) is 23.5 Å². The van der Waals surface area contributed by atoms with E-state index in [1.54, 1.807) is 0 Å². The fourth-order valence-corrected chi connectivity index (χ4v) is 1.16. The molecule has 0 saturated heterocycles. The third-order valence-electron chi connectivity index (χ3n) is 1.90. The molecule has 0 spiro atoms. The number of carboxylic acids is 1. The van der Waals surface area contributed by atoms with Gasteiger partial charge in [0.15, 0.2) is 0 Å². The average molecular weight is 239 g/mol. The van der Waals surface area contributed by atoms with Gasteiger partial charge in [-0.05, 0) is 6.07 Å². The van der Waals surface area contributed by atoms with E-state index >= 15 is 0 Å². The minimum Gasteiger partial charge on any atom is -0.478 e. The highest BCUT2D eigenvalue weighted by Crippen LogP contribution is 2.21. The van der Waals surface area contributed by atoms with Gasteiger partial charge in [0.05, 0.1) is 17.0 Å². The molecular weight excluding hydrogens is 230 g/mol. The zero-order valence-corrected chi connectivity index (χ0v) is 8.54. The number of benzene rings is 1. The maximum Gasteiger partial charge on any atom is 0.338 e. The Morgan fingerprint density at radius 1 is 1.47 bits per heavy atom. The number of aromatic carboxylic acids is 1. The minimum absolute atomic E-state index is 0.0990. The van der Waals surface area contributed by atoms with Crippen LogP contribution in [0.5, 0.6) is 0 Å². The summed E-state index contributed by atoms with van der Waals surface area (Å²) in [5.41, 5.74) is 4.35. The molecule has 0 fully saturated rings. The van der Waals surface area contributed by atoms with Crippen LogP contribution >= 0.6 is 0 Å². The summed E-state index contributed by atoms with van der Waals surface area (Å²) >= 11 is 0. The molecule has 0 aromatic heterocycles. The number of carbonyl (C=O) groups is 2. The number of carboxylic acid groups (broad SMARTS) is 1. The third-order valence-corrected chi connectivity index (χ3v) is 1.90. The van der Waals surface area contributed by atoms with Gasteiger partial charge in [-0.15, -0.1) is 0 Å². The molecule has 0 heterocycles. The van der Waals surface area contributed by atoms with Gasteiger partial charge in [0.25, 0.3) is 5.69 Å². The van der Waals surface area contributed by atoms with Crippen molar-refractivity contribution < 1.29 is 19.6 Å². The number of rotatable bonds is 5. The van der Waals surface area contributed by atoms with E-state index in [1.807, 2.05) is 0 Å². The van der Waals surface area contributed by atoms with Crippen LogP contribution in [0.4, 0.5) is 11.4 Å². The third kappa shape index (κ3) is 3.16. The van der Waals surface area contributed by atoms with Gasteiger partial charge >= 0.3 is 5.97 Å². The highest BCUT2D eigenvalue weighted by Gasteiger charge is 2.15. The Morgan fingerprint density at radius 2 is 2.12 bits per heavy atom. The van der Waals surface area contributed by atoms with Gasteiger partial charge in [0, 0.05) is 17.8 Å². The monoisotopic (exact) mass is 239 g/mol. The number of nitro benzene ring substituents is 1. The molecule has 8 nitrogen and oxygen atoms in total. The molecule has 1 rings (SSSR count). The van der Waals surface area contributed by atoms with Gasteiger partial charge in [0.2, 0.25) is 5.91 Å². The summed E-state index contributed by atoms with van der Waals surface area (Å²) in [6.07, 6.45) is 0. The normalized spacial score (nSPS) is 9.65. The zero-order chi connectivity index (χ0) is 13.0. The Labute approximate surface area is 95.2 Å². The summed E-state index contributed by atoms with van der Waals surface area (Å²) in [6.45, 7) is -0.252. The van der Waals surface area contributed by atoms with E-state index in [1.165, 1.54) is 6.07 Å². The van der Waals surface area contributed by atoms with E-state index in [0.29, 0.717) is 0 Å². The van der Waals surface area contributed by atoms with E-state index < -0.39 is 16.8 Å². The van der Waals surface area contributed by atoms with E-state index in [4.69, 9.17) is 10.8 Å². The van der Waals surface area contributed by atoms with Crippen molar-refractivity contribution >= 4 is 23.3 Å². The Morgan fingerprint density at radius 3 is 2.59 bits per heavy atom. The van der Waals surface area contributed by atoms with E-state index in [2.05, 4.69) is 5.32 Å². The number of nitrogens with one attached hydrogen (secondary N) is 1. The van der Waals surface area contributed by atoms with Crippen LogP contribution in [0.2, 0.25) is 0 Å². The summed E-state index contributed by atoms with van der Waals surface area (Å²) in [6, 6.07) is 3.26. The maximum atomic E-state index is 10.9. The lowest BCUT2D eigenvalue weighted by Crippen LogP contribution is -2.22. The topological polar surface area (TPSA) is 136 Å². The Hall–Kier alpha value is -2.64. The van der Waals surface area contributed by atoms with Crippen molar-refractivity contribution in [3.63, 3.8) is 0 Å². The number of hydrogen-bond acceptors (Lipinski definition) is 5. The zero-order valence-electron chi connectivity index (χ0n) is 8.54. The number of nitro groups is 1. The highest BCUT2D eigenvalue weighted by molar-refractivity contribution is 5.95. The molecule has 0 bridgehead atoms. The number of carbonyl (C=O) groups excluding carboxylic acids is 1. The lowest BCUT2D eigenvalue weighted by atomic mass is 10.1. The van der Waals surface area contributed by atoms with Crippen LogP contribution in [0.15, 0.2) is 18.2 Å². The first-order chi connectivity index (χ1) is 7.91. The average Bonchev–Trinajstić information content (AvgIpc) is 2.25. The van der Waals surface area contributed by atoms with Crippen LogP contribution in [-0.4, -0.2) is 28.5 Å². The summed E-state index contributed by atoms with van der Waals surface area (Å²) < 4.78 is 0. The van der Waals surface area contributed by atoms with Crippen molar-refractivity contribution in [1.82, 2.24) is 0 Å². The minimum atomic E-state index is -1.33. The number of hydrogen-bond donors (Lipinski definition) is 3. The lowest BCUT2D eigenvalue weighted by molar-refractivity contribution is -0.384. The second-order valence-corrected chi connectivity index (χ2v) is 3.11. The van der Waals surface area contributed by atoms with E-state index in [0.717, 1.165) is 12.1 Å². The molecule has 8 heteroatoms. The Kier molecular flexibility index (Phi) is 3.60. The summed E-state index contributed by atoms with van der Waals surface area (Å²) in [4.78, 5) is 31.2. The molecule has 0 radical (unpaired) electrons. The molecule has 0 atom stereocenters. The molecule has 1 aromatic rings. The van der Waals surface area contributed by atoms with Crippen molar-refractivity contribution in [2.24, 2.45) is 5.73 Å². The number of non-ortho nitro benzene ring substituents is 1. The van der Waals surface area contributed by atoms with Crippen LogP contribution in [0.25, 0.3) is 0 Å². The smallest absolute Gasteiger partial charge is 0.338 e. The van der Waals surface area contributed by atoms with Crippen LogP contribution in [-0.2, 0) is 4.79 Å². The fourth-order valence-electron chi connectivity index (χ4n) is 1.16. The number of primary amides is 1. The van der Waals surface area contributed by atoms with Gasteiger partial charge in [-0.1, -0.05) is 0 Å². The molecule has 0 aliphatic carbocycles. The van der Waals surface area contributed by atoms with Gasteiger partial charge in [-0.25, -0.2) is 4.79 Å². The van der Waals surface area contributed by atoms with Gasteiger partial charge in [-0.2, -0.15) is 0 Å². The number of nitrogens with two attached hydrogens (primary N) is 1. The number of anilines is 1. The first-order valence-electron chi connectivity index (χ1n) is 4.45. The molecule has 0 aliphatic heterocycles.